The largest absolute Gasteiger partial charge is 0.493 e. The molecule has 0 unspecified atom stereocenters. The first-order valence-corrected chi connectivity index (χ1v) is 12.5. The van der Waals surface area contributed by atoms with E-state index in [1.54, 1.807) is 20.4 Å². The SMILES string of the molecule is COc1ccc(N(C)c2ccnc(Nc3cc(N4CCOCC4)cc(N4CCOCC4)c3)n2)cc1OC. The molecule has 5 rings (SSSR count). The summed E-state index contributed by atoms with van der Waals surface area (Å²) in [5.41, 5.74) is 4.18. The Hall–Kier alpha value is -3.76. The van der Waals surface area contributed by atoms with Crippen LogP contribution in [0.25, 0.3) is 0 Å². The fourth-order valence-electron chi connectivity index (χ4n) is 4.57. The van der Waals surface area contributed by atoms with Gasteiger partial charge in [0.25, 0.3) is 0 Å². The Morgan fingerprint density at radius 2 is 1.43 bits per heavy atom. The van der Waals surface area contributed by atoms with Crippen molar-refractivity contribution in [1.29, 1.82) is 0 Å². The van der Waals surface area contributed by atoms with Gasteiger partial charge in [-0.2, -0.15) is 4.98 Å². The quantitative estimate of drug-likeness (QED) is 0.488. The van der Waals surface area contributed by atoms with Gasteiger partial charge in [-0.15, -0.1) is 0 Å². The minimum atomic E-state index is 0.525. The monoisotopic (exact) mass is 506 g/mol. The smallest absolute Gasteiger partial charge is 0.229 e. The highest BCUT2D eigenvalue weighted by atomic mass is 16.5. The third kappa shape index (κ3) is 5.81. The molecule has 2 aromatic carbocycles. The molecule has 2 aliphatic rings. The van der Waals surface area contributed by atoms with Crippen LogP contribution >= 0.6 is 0 Å². The molecule has 37 heavy (non-hydrogen) atoms. The van der Waals surface area contributed by atoms with Gasteiger partial charge < -0.3 is 39.0 Å². The molecule has 0 aliphatic carbocycles. The van der Waals surface area contributed by atoms with Gasteiger partial charge in [0.2, 0.25) is 5.95 Å². The van der Waals surface area contributed by atoms with Gasteiger partial charge in [-0.1, -0.05) is 0 Å². The van der Waals surface area contributed by atoms with Crippen LogP contribution < -0.4 is 29.5 Å². The third-order valence-electron chi connectivity index (χ3n) is 6.65. The summed E-state index contributed by atoms with van der Waals surface area (Å²) >= 11 is 0. The molecule has 10 nitrogen and oxygen atoms in total. The molecule has 3 aromatic rings. The van der Waals surface area contributed by atoms with Gasteiger partial charge in [-0.25, -0.2) is 4.98 Å². The predicted octanol–water partition coefficient (Wildman–Crippen LogP) is 3.68. The van der Waals surface area contributed by atoms with Crippen LogP contribution in [0.15, 0.2) is 48.7 Å². The van der Waals surface area contributed by atoms with Crippen molar-refractivity contribution in [2.75, 3.05) is 93.9 Å². The number of nitrogens with zero attached hydrogens (tertiary/aromatic N) is 5. The summed E-state index contributed by atoms with van der Waals surface area (Å²) in [7, 11) is 5.22. The van der Waals surface area contributed by atoms with Gasteiger partial charge in [0.15, 0.2) is 11.5 Å². The molecular weight excluding hydrogens is 472 g/mol. The zero-order valence-corrected chi connectivity index (χ0v) is 21.6. The number of methoxy groups -OCH3 is 2. The van der Waals surface area contributed by atoms with Crippen molar-refractivity contribution in [3.63, 3.8) is 0 Å². The average Bonchev–Trinajstić information content (AvgIpc) is 2.97. The molecule has 0 spiro atoms. The van der Waals surface area contributed by atoms with Crippen molar-refractivity contribution >= 4 is 34.5 Å². The van der Waals surface area contributed by atoms with E-state index in [0.717, 1.165) is 81.2 Å². The standard InChI is InChI=1S/C27H34N6O4/c1-31(21-4-5-24(34-2)25(19-21)35-3)26-6-7-28-27(30-26)29-20-16-22(32-8-12-36-13-9-32)18-23(17-20)33-10-14-37-15-11-33/h4-7,16-19H,8-15H2,1-3H3,(H,28,29,30). The number of morpholine rings is 2. The van der Waals surface area contributed by atoms with E-state index in [2.05, 4.69) is 38.3 Å². The van der Waals surface area contributed by atoms with Crippen LogP contribution in [0.2, 0.25) is 0 Å². The van der Waals surface area contributed by atoms with Gasteiger partial charge in [0, 0.05) is 68.2 Å². The van der Waals surface area contributed by atoms with Crippen molar-refractivity contribution in [3.05, 3.63) is 48.7 Å². The first kappa shape index (κ1) is 24.9. The molecule has 196 valence electrons. The molecular formula is C27H34N6O4. The van der Waals surface area contributed by atoms with Crippen molar-refractivity contribution < 1.29 is 18.9 Å². The third-order valence-corrected chi connectivity index (χ3v) is 6.65. The second-order valence-corrected chi connectivity index (χ2v) is 8.90. The Bertz CT molecular complexity index is 1160. The lowest BCUT2D eigenvalue weighted by atomic mass is 10.2. The summed E-state index contributed by atoms with van der Waals surface area (Å²) in [5, 5.41) is 3.44. The second-order valence-electron chi connectivity index (χ2n) is 8.90. The van der Waals surface area contributed by atoms with Gasteiger partial charge in [-0.05, 0) is 36.4 Å². The molecule has 2 fully saturated rings. The molecule has 1 aromatic heterocycles. The van der Waals surface area contributed by atoms with Crippen LogP contribution in [0.5, 0.6) is 11.5 Å². The van der Waals surface area contributed by atoms with E-state index in [1.165, 1.54) is 0 Å². The van der Waals surface area contributed by atoms with Gasteiger partial charge >= 0.3 is 0 Å². The molecule has 0 amide bonds. The highest BCUT2D eigenvalue weighted by Gasteiger charge is 2.18. The topological polar surface area (TPSA) is 84.5 Å². The maximum atomic E-state index is 5.57. The zero-order chi connectivity index (χ0) is 25.6. The van der Waals surface area contributed by atoms with E-state index in [-0.39, 0.29) is 0 Å². The molecule has 0 saturated carbocycles. The van der Waals surface area contributed by atoms with Crippen LogP contribution in [0.1, 0.15) is 0 Å². The molecule has 2 saturated heterocycles. The number of nitrogens with one attached hydrogen (secondary N) is 1. The number of rotatable bonds is 8. The Kier molecular flexibility index (Phi) is 7.76. The number of ether oxygens (including phenoxy) is 4. The highest BCUT2D eigenvalue weighted by molar-refractivity contribution is 5.72. The molecule has 10 heteroatoms. The fraction of sp³-hybridized carbons (Fsp3) is 0.407. The molecule has 2 aliphatic heterocycles. The average molecular weight is 507 g/mol. The maximum Gasteiger partial charge on any atom is 0.229 e. The summed E-state index contributed by atoms with van der Waals surface area (Å²) in [5.74, 6) is 2.62. The number of benzene rings is 2. The Balaban J connectivity index is 1.41. The van der Waals surface area contributed by atoms with Gasteiger partial charge in [-0.3, -0.25) is 0 Å². The van der Waals surface area contributed by atoms with Gasteiger partial charge in [0.05, 0.1) is 40.6 Å². The van der Waals surface area contributed by atoms with Crippen molar-refractivity contribution in [1.82, 2.24) is 9.97 Å². The summed E-state index contributed by atoms with van der Waals surface area (Å²) in [6.07, 6.45) is 1.76. The molecule has 0 bridgehead atoms. The summed E-state index contributed by atoms with van der Waals surface area (Å²) in [6.45, 7) is 6.41. The minimum absolute atomic E-state index is 0.525. The molecule has 0 radical (unpaired) electrons. The Morgan fingerprint density at radius 1 is 0.811 bits per heavy atom. The number of aromatic nitrogens is 2. The van der Waals surface area contributed by atoms with E-state index in [4.69, 9.17) is 23.9 Å². The minimum Gasteiger partial charge on any atom is -0.493 e. The zero-order valence-electron chi connectivity index (χ0n) is 21.6. The van der Waals surface area contributed by atoms with Crippen molar-refractivity contribution in [2.24, 2.45) is 0 Å². The molecule has 3 heterocycles. The lowest BCUT2D eigenvalue weighted by molar-refractivity contribution is 0.122. The first-order chi connectivity index (χ1) is 18.1. The molecule has 0 atom stereocenters. The maximum absolute atomic E-state index is 5.57. The Morgan fingerprint density at radius 3 is 2.03 bits per heavy atom. The van der Waals surface area contributed by atoms with Crippen LogP contribution in [0.4, 0.5) is 34.5 Å². The number of hydrogen-bond acceptors (Lipinski definition) is 10. The van der Waals surface area contributed by atoms with Crippen LogP contribution in [-0.4, -0.2) is 83.8 Å². The van der Waals surface area contributed by atoms with E-state index in [0.29, 0.717) is 17.4 Å². The van der Waals surface area contributed by atoms with E-state index in [1.807, 2.05) is 36.2 Å². The van der Waals surface area contributed by atoms with Crippen LogP contribution in [0, 0.1) is 0 Å². The van der Waals surface area contributed by atoms with E-state index >= 15 is 0 Å². The van der Waals surface area contributed by atoms with Crippen molar-refractivity contribution in [2.45, 2.75) is 0 Å². The van der Waals surface area contributed by atoms with Crippen LogP contribution in [-0.2, 0) is 9.47 Å². The lowest BCUT2D eigenvalue weighted by Crippen LogP contribution is -2.38. The summed E-state index contributed by atoms with van der Waals surface area (Å²) < 4.78 is 22.0. The van der Waals surface area contributed by atoms with E-state index < -0.39 is 0 Å². The summed E-state index contributed by atoms with van der Waals surface area (Å²) in [6, 6.07) is 14.2. The normalized spacial score (nSPS) is 15.9. The molecule has 1 N–H and O–H groups in total. The highest BCUT2D eigenvalue weighted by Crippen LogP contribution is 2.34. The second kappa shape index (κ2) is 11.5. The fourth-order valence-corrected chi connectivity index (χ4v) is 4.57. The van der Waals surface area contributed by atoms with Crippen molar-refractivity contribution in [3.8, 4) is 11.5 Å². The number of hydrogen-bond donors (Lipinski definition) is 1. The summed E-state index contributed by atoms with van der Waals surface area (Å²) in [4.78, 5) is 16.0. The van der Waals surface area contributed by atoms with Crippen LogP contribution in [0.3, 0.4) is 0 Å². The number of anilines is 6. The predicted molar refractivity (Wildman–Crippen MR) is 145 cm³/mol. The van der Waals surface area contributed by atoms with E-state index in [9.17, 15) is 0 Å². The van der Waals surface area contributed by atoms with Gasteiger partial charge in [0.1, 0.15) is 5.82 Å². The first-order valence-electron chi connectivity index (χ1n) is 12.5. The lowest BCUT2D eigenvalue weighted by Gasteiger charge is -2.33. The Labute approximate surface area is 217 Å².